The molecule has 0 aliphatic carbocycles. The fourth-order valence-electron chi connectivity index (χ4n) is 0.571. The minimum Gasteiger partial charge on any atom is -0.390 e. The molecule has 0 spiro atoms. The highest BCUT2D eigenvalue weighted by Crippen LogP contribution is 2.03. The van der Waals surface area contributed by atoms with Crippen LogP contribution in [-0.4, -0.2) is 40.9 Å². The van der Waals surface area contributed by atoms with Crippen LogP contribution in [-0.2, 0) is 4.74 Å². The van der Waals surface area contributed by atoms with Crippen molar-refractivity contribution in [2.45, 2.75) is 31.8 Å². The summed E-state index contributed by atoms with van der Waals surface area (Å²) in [5.41, 5.74) is 0. The summed E-state index contributed by atoms with van der Waals surface area (Å²) < 4.78 is 4.38. The van der Waals surface area contributed by atoms with Crippen LogP contribution in [0.25, 0.3) is 0 Å². The molecule has 3 unspecified atom stereocenters. The molecule has 0 saturated heterocycles. The summed E-state index contributed by atoms with van der Waals surface area (Å²) in [5.74, 6) is 0. The molecular weight excluding hydrogens is 136 g/mol. The van der Waals surface area contributed by atoms with Gasteiger partial charge in [-0.1, -0.05) is 6.92 Å². The van der Waals surface area contributed by atoms with Gasteiger partial charge in [-0.3, -0.25) is 0 Å². The molecule has 0 aliphatic rings. The van der Waals surface area contributed by atoms with E-state index in [-0.39, 0.29) is 0 Å². The number of aliphatic hydroxyl groups is 3. The van der Waals surface area contributed by atoms with Gasteiger partial charge >= 0.3 is 0 Å². The Morgan fingerprint density at radius 2 is 1.80 bits per heavy atom. The van der Waals surface area contributed by atoms with Crippen molar-refractivity contribution in [2.24, 2.45) is 0 Å². The van der Waals surface area contributed by atoms with Crippen LogP contribution in [0.3, 0.4) is 0 Å². The highest BCUT2D eigenvalue weighted by atomic mass is 16.6. The fourth-order valence-corrected chi connectivity index (χ4v) is 0.571. The molecule has 10 heavy (non-hydrogen) atoms. The van der Waals surface area contributed by atoms with Crippen molar-refractivity contribution in [1.29, 1.82) is 0 Å². The number of ether oxygens (including phenoxy) is 1. The van der Waals surface area contributed by atoms with E-state index in [2.05, 4.69) is 4.74 Å². The SMILES string of the molecule is CCC(O)C(O)C(O)OC. The monoisotopic (exact) mass is 150 g/mol. The molecule has 0 bridgehead atoms. The molecule has 0 aromatic heterocycles. The van der Waals surface area contributed by atoms with Crippen LogP contribution < -0.4 is 0 Å². The largest absolute Gasteiger partial charge is 0.390 e. The van der Waals surface area contributed by atoms with Gasteiger partial charge in [-0.05, 0) is 6.42 Å². The van der Waals surface area contributed by atoms with Crippen LogP contribution in [0, 0.1) is 0 Å². The average molecular weight is 150 g/mol. The van der Waals surface area contributed by atoms with E-state index in [9.17, 15) is 0 Å². The molecule has 0 rings (SSSR count). The van der Waals surface area contributed by atoms with Gasteiger partial charge in [0, 0.05) is 7.11 Å². The van der Waals surface area contributed by atoms with Gasteiger partial charge in [-0.15, -0.1) is 0 Å². The maximum Gasteiger partial charge on any atom is 0.183 e. The van der Waals surface area contributed by atoms with Crippen molar-refractivity contribution in [1.82, 2.24) is 0 Å². The fraction of sp³-hybridized carbons (Fsp3) is 1.00. The van der Waals surface area contributed by atoms with Gasteiger partial charge in [0.25, 0.3) is 0 Å². The average Bonchev–Trinajstić information content (AvgIpc) is 2.00. The Bertz CT molecular complexity index is 75.8. The van der Waals surface area contributed by atoms with Crippen molar-refractivity contribution in [2.75, 3.05) is 7.11 Å². The molecule has 3 atom stereocenters. The lowest BCUT2D eigenvalue weighted by Gasteiger charge is -2.19. The van der Waals surface area contributed by atoms with Crippen molar-refractivity contribution < 1.29 is 20.1 Å². The zero-order chi connectivity index (χ0) is 8.15. The van der Waals surface area contributed by atoms with Crippen molar-refractivity contribution in [3.8, 4) is 0 Å². The van der Waals surface area contributed by atoms with Gasteiger partial charge in [0.15, 0.2) is 6.29 Å². The highest BCUT2D eigenvalue weighted by Gasteiger charge is 2.22. The Morgan fingerprint density at radius 1 is 1.30 bits per heavy atom. The molecule has 0 fully saturated rings. The van der Waals surface area contributed by atoms with Crippen LogP contribution in [0.5, 0.6) is 0 Å². The highest BCUT2D eigenvalue weighted by molar-refractivity contribution is 4.67. The predicted molar refractivity (Wildman–Crippen MR) is 35.3 cm³/mol. The van der Waals surface area contributed by atoms with Crippen LogP contribution >= 0.6 is 0 Å². The summed E-state index contributed by atoms with van der Waals surface area (Å²) in [6.45, 7) is 1.70. The quantitative estimate of drug-likeness (QED) is 0.453. The maximum atomic E-state index is 8.96. The minimum absolute atomic E-state index is 0.390. The lowest BCUT2D eigenvalue weighted by Crippen LogP contribution is -2.37. The van der Waals surface area contributed by atoms with Gasteiger partial charge in [0.1, 0.15) is 6.10 Å². The third-order valence-corrected chi connectivity index (χ3v) is 1.35. The Morgan fingerprint density at radius 3 is 2.10 bits per heavy atom. The zero-order valence-corrected chi connectivity index (χ0v) is 6.19. The number of aliphatic hydroxyl groups excluding tert-OH is 3. The third-order valence-electron chi connectivity index (χ3n) is 1.35. The Kier molecular flexibility index (Phi) is 4.55. The van der Waals surface area contributed by atoms with Gasteiger partial charge in [0.05, 0.1) is 6.10 Å². The Balaban J connectivity index is 3.69. The first-order valence-electron chi connectivity index (χ1n) is 3.20. The van der Waals surface area contributed by atoms with Gasteiger partial charge in [-0.25, -0.2) is 0 Å². The van der Waals surface area contributed by atoms with E-state index >= 15 is 0 Å². The summed E-state index contributed by atoms with van der Waals surface area (Å²) in [6, 6.07) is 0. The summed E-state index contributed by atoms with van der Waals surface area (Å²) in [5, 5.41) is 26.7. The molecule has 0 aromatic rings. The number of methoxy groups -OCH3 is 1. The van der Waals surface area contributed by atoms with Crippen molar-refractivity contribution in [3.05, 3.63) is 0 Å². The van der Waals surface area contributed by atoms with E-state index in [0.29, 0.717) is 6.42 Å². The second-order valence-electron chi connectivity index (χ2n) is 2.09. The van der Waals surface area contributed by atoms with Crippen LogP contribution in [0.4, 0.5) is 0 Å². The van der Waals surface area contributed by atoms with Gasteiger partial charge in [0.2, 0.25) is 0 Å². The zero-order valence-electron chi connectivity index (χ0n) is 6.19. The second kappa shape index (κ2) is 4.62. The van der Waals surface area contributed by atoms with Crippen LogP contribution in [0.1, 0.15) is 13.3 Å². The second-order valence-corrected chi connectivity index (χ2v) is 2.09. The predicted octanol–water partition coefficient (Wildman–Crippen LogP) is -0.917. The van der Waals surface area contributed by atoms with E-state index in [1.165, 1.54) is 7.11 Å². The number of rotatable bonds is 4. The summed E-state index contributed by atoms with van der Waals surface area (Å²) in [4.78, 5) is 0. The summed E-state index contributed by atoms with van der Waals surface area (Å²) >= 11 is 0. The summed E-state index contributed by atoms with van der Waals surface area (Å²) in [7, 11) is 1.26. The topological polar surface area (TPSA) is 69.9 Å². The molecule has 3 N–H and O–H groups in total. The Hall–Kier alpha value is -0.160. The first kappa shape index (κ1) is 9.84. The van der Waals surface area contributed by atoms with Gasteiger partial charge in [-0.2, -0.15) is 0 Å². The molecule has 4 nitrogen and oxygen atoms in total. The number of hydrogen-bond acceptors (Lipinski definition) is 4. The van der Waals surface area contributed by atoms with Gasteiger partial charge < -0.3 is 20.1 Å². The smallest absolute Gasteiger partial charge is 0.183 e. The molecule has 0 aromatic carbocycles. The Labute approximate surface area is 60.1 Å². The third kappa shape index (κ3) is 2.62. The lowest BCUT2D eigenvalue weighted by atomic mass is 10.1. The first-order valence-corrected chi connectivity index (χ1v) is 3.20. The molecule has 0 amide bonds. The molecular formula is C6H14O4. The maximum absolute atomic E-state index is 8.96. The molecule has 62 valence electrons. The standard InChI is InChI=1S/C6H14O4/c1-3-4(7)5(8)6(9)10-2/h4-9H,3H2,1-2H3. The molecule has 0 radical (unpaired) electrons. The van der Waals surface area contributed by atoms with E-state index in [4.69, 9.17) is 15.3 Å². The minimum atomic E-state index is -1.30. The lowest BCUT2D eigenvalue weighted by molar-refractivity contribution is -0.174. The van der Waals surface area contributed by atoms with E-state index in [1.54, 1.807) is 6.92 Å². The van der Waals surface area contributed by atoms with Crippen LogP contribution in [0.15, 0.2) is 0 Å². The van der Waals surface area contributed by atoms with E-state index in [0.717, 1.165) is 0 Å². The molecule has 0 heterocycles. The van der Waals surface area contributed by atoms with Crippen molar-refractivity contribution >= 4 is 0 Å². The summed E-state index contributed by atoms with van der Waals surface area (Å²) in [6.07, 6.45) is -3.04. The molecule has 0 aliphatic heterocycles. The molecule has 0 saturated carbocycles. The first-order chi connectivity index (χ1) is 4.63. The molecule has 4 heteroatoms. The van der Waals surface area contributed by atoms with Crippen LogP contribution in [0.2, 0.25) is 0 Å². The van der Waals surface area contributed by atoms with E-state index < -0.39 is 18.5 Å². The normalized spacial score (nSPS) is 20.1. The van der Waals surface area contributed by atoms with E-state index in [1.807, 2.05) is 0 Å². The number of hydrogen-bond donors (Lipinski definition) is 3. The van der Waals surface area contributed by atoms with Crippen molar-refractivity contribution in [3.63, 3.8) is 0 Å².